The lowest BCUT2D eigenvalue weighted by molar-refractivity contribution is 0.237. The third-order valence-corrected chi connectivity index (χ3v) is 4.05. The normalized spacial score (nSPS) is 14.6. The Morgan fingerprint density at radius 3 is 3.00 bits per heavy atom. The molecule has 0 saturated heterocycles. The molecule has 0 amide bonds. The highest BCUT2D eigenvalue weighted by Crippen LogP contribution is 2.23. The number of halogens is 1. The first kappa shape index (κ1) is 14.9. The molecule has 2 heterocycles. The van der Waals surface area contributed by atoms with E-state index in [1.807, 2.05) is 4.90 Å². The lowest BCUT2D eigenvalue weighted by Gasteiger charge is -2.28. The number of fused-ring (bicyclic) bond motifs is 1. The highest BCUT2D eigenvalue weighted by molar-refractivity contribution is 7.71. The van der Waals surface area contributed by atoms with Crippen LogP contribution < -0.4 is 10.3 Å². The fourth-order valence-corrected chi connectivity index (χ4v) is 2.94. The van der Waals surface area contributed by atoms with Gasteiger partial charge in [0, 0.05) is 37.3 Å². The predicted octanol–water partition coefficient (Wildman–Crippen LogP) is 2.14. The minimum absolute atomic E-state index is 0.172. The quantitative estimate of drug-likeness (QED) is 0.850. The van der Waals surface area contributed by atoms with E-state index < -0.39 is 0 Å². The maximum absolute atomic E-state index is 14.2. The van der Waals surface area contributed by atoms with Gasteiger partial charge in [0.1, 0.15) is 0 Å². The summed E-state index contributed by atoms with van der Waals surface area (Å²) in [4.78, 5) is 19.6. The molecule has 0 radical (unpaired) electrons. The first-order chi connectivity index (χ1) is 10.6. The van der Waals surface area contributed by atoms with Gasteiger partial charge in [0.2, 0.25) is 0 Å². The van der Waals surface area contributed by atoms with Gasteiger partial charge in [0.05, 0.1) is 12.7 Å². The zero-order valence-corrected chi connectivity index (χ0v) is 12.9. The molecule has 7 heteroatoms. The second-order valence-electron chi connectivity index (χ2n) is 5.26. The number of rotatable bonds is 3. The fourth-order valence-electron chi connectivity index (χ4n) is 2.72. The molecule has 0 fully saturated rings. The van der Waals surface area contributed by atoms with E-state index in [0.717, 1.165) is 12.2 Å². The van der Waals surface area contributed by atoms with Crippen LogP contribution in [0.25, 0.3) is 0 Å². The molecule has 22 heavy (non-hydrogen) atoms. The van der Waals surface area contributed by atoms with Crippen molar-refractivity contribution in [3.63, 3.8) is 0 Å². The highest BCUT2D eigenvalue weighted by atomic mass is 32.1. The Kier molecular flexibility index (Phi) is 4.08. The van der Waals surface area contributed by atoms with Crippen molar-refractivity contribution < 1.29 is 9.13 Å². The minimum atomic E-state index is -0.350. The van der Waals surface area contributed by atoms with Crippen LogP contribution in [0, 0.1) is 10.6 Å². The Hall–Kier alpha value is -1.99. The first-order valence-corrected chi connectivity index (χ1v) is 7.37. The van der Waals surface area contributed by atoms with E-state index in [1.54, 1.807) is 18.2 Å². The maximum atomic E-state index is 14.2. The molecule has 3 rings (SSSR count). The smallest absolute Gasteiger partial charge is 0.256 e. The van der Waals surface area contributed by atoms with E-state index in [4.69, 9.17) is 17.0 Å². The number of hydrogen-bond acceptors (Lipinski definition) is 4. The zero-order chi connectivity index (χ0) is 15.7. The third-order valence-electron chi connectivity index (χ3n) is 3.85. The molecular formula is C15H16FN3O2S. The van der Waals surface area contributed by atoms with Crippen molar-refractivity contribution in [1.82, 2.24) is 14.9 Å². The topological polar surface area (TPSA) is 61.1 Å². The summed E-state index contributed by atoms with van der Waals surface area (Å²) in [7, 11) is 1.45. The monoisotopic (exact) mass is 321 g/mol. The van der Waals surface area contributed by atoms with Crippen molar-refractivity contribution >= 4 is 12.2 Å². The van der Waals surface area contributed by atoms with Crippen molar-refractivity contribution in [2.24, 2.45) is 0 Å². The number of H-pyrrole nitrogens is 2. The van der Waals surface area contributed by atoms with E-state index in [-0.39, 0.29) is 17.1 Å². The Morgan fingerprint density at radius 1 is 1.41 bits per heavy atom. The summed E-state index contributed by atoms with van der Waals surface area (Å²) in [5.41, 5.74) is 1.93. The minimum Gasteiger partial charge on any atom is -0.494 e. The van der Waals surface area contributed by atoms with Gasteiger partial charge >= 0.3 is 0 Å². The predicted molar refractivity (Wildman–Crippen MR) is 83.0 cm³/mol. The van der Waals surface area contributed by atoms with Gasteiger partial charge < -0.3 is 9.72 Å². The van der Waals surface area contributed by atoms with Crippen molar-refractivity contribution in [2.75, 3.05) is 13.7 Å². The number of aromatic nitrogens is 2. The Labute approximate surface area is 131 Å². The van der Waals surface area contributed by atoms with Gasteiger partial charge in [0.15, 0.2) is 16.3 Å². The molecule has 116 valence electrons. The largest absolute Gasteiger partial charge is 0.494 e. The Morgan fingerprint density at radius 2 is 2.23 bits per heavy atom. The first-order valence-electron chi connectivity index (χ1n) is 6.96. The number of aromatic amines is 2. The van der Waals surface area contributed by atoms with E-state index in [0.29, 0.717) is 35.4 Å². The molecule has 2 aromatic rings. The summed E-state index contributed by atoms with van der Waals surface area (Å²) >= 11 is 4.98. The molecule has 0 aliphatic carbocycles. The highest BCUT2D eigenvalue weighted by Gasteiger charge is 2.21. The standard InChI is InChI=1S/C15H16FN3O2S/c1-21-12-4-2-3-9(13(12)16)7-19-6-5-11-10(8-19)14(20)18-15(22)17-11/h2-4H,5-8H2,1H3,(H2,17,18,20,22). The molecule has 0 saturated carbocycles. The number of nitrogens with one attached hydrogen (secondary N) is 2. The van der Waals surface area contributed by atoms with Crippen molar-refractivity contribution in [3.05, 3.63) is 56.0 Å². The molecule has 1 aliphatic heterocycles. The van der Waals surface area contributed by atoms with Crippen LogP contribution in [0.15, 0.2) is 23.0 Å². The van der Waals surface area contributed by atoms with Crippen LogP contribution in [0.5, 0.6) is 5.75 Å². The van der Waals surface area contributed by atoms with Crippen LogP contribution in [-0.2, 0) is 19.5 Å². The van der Waals surface area contributed by atoms with E-state index in [1.165, 1.54) is 7.11 Å². The number of methoxy groups -OCH3 is 1. The fraction of sp³-hybridized carbons (Fsp3) is 0.333. The SMILES string of the molecule is COc1cccc(CN2CCc3[nH]c(=S)[nH]c(=O)c3C2)c1F. The van der Waals surface area contributed by atoms with Crippen molar-refractivity contribution in [2.45, 2.75) is 19.5 Å². The van der Waals surface area contributed by atoms with Crippen molar-refractivity contribution in [3.8, 4) is 5.75 Å². The Bertz CT molecular complexity index is 815. The summed E-state index contributed by atoms with van der Waals surface area (Å²) < 4.78 is 19.6. The van der Waals surface area contributed by atoms with Gasteiger partial charge in [-0.25, -0.2) is 4.39 Å². The summed E-state index contributed by atoms with van der Waals surface area (Å²) in [6, 6.07) is 5.09. The summed E-state index contributed by atoms with van der Waals surface area (Å²) in [5.74, 6) is -0.117. The maximum Gasteiger partial charge on any atom is 0.256 e. The van der Waals surface area contributed by atoms with Gasteiger partial charge in [-0.2, -0.15) is 0 Å². The zero-order valence-electron chi connectivity index (χ0n) is 12.1. The second-order valence-corrected chi connectivity index (χ2v) is 5.67. The number of ether oxygens (including phenoxy) is 1. The lowest BCUT2D eigenvalue weighted by Crippen LogP contribution is -2.35. The van der Waals surface area contributed by atoms with Crippen LogP contribution in [-0.4, -0.2) is 28.5 Å². The molecule has 5 nitrogen and oxygen atoms in total. The second kappa shape index (κ2) is 6.02. The number of hydrogen-bond donors (Lipinski definition) is 2. The summed E-state index contributed by atoms with van der Waals surface area (Å²) in [6.45, 7) is 1.63. The van der Waals surface area contributed by atoms with E-state index >= 15 is 0 Å². The summed E-state index contributed by atoms with van der Waals surface area (Å²) in [6.07, 6.45) is 0.689. The molecule has 2 N–H and O–H groups in total. The molecular weight excluding hydrogens is 305 g/mol. The molecule has 0 bridgehead atoms. The summed E-state index contributed by atoms with van der Waals surface area (Å²) in [5, 5.41) is 0. The molecule has 0 spiro atoms. The number of nitrogens with zero attached hydrogens (tertiary/aromatic N) is 1. The van der Waals surface area contributed by atoms with Gasteiger partial charge in [-0.05, 0) is 18.3 Å². The van der Waals surface area contributed by atoms with Gasteiger partial charge in [-0.3, -0.25) is 14.7 Å². The molecule has 1 aromatic carbocycles. The molecule has 1 aromatic heterocycles. The number of benzene rings is 1. The van der Waals surface area contributed by atoms with Crippen LogP contribution in [0.2, 0.25) is 0 Å². The van der Waals surface area contributed by atoms with Crippen LogP contribution in [0.1, 0.15) is 16.8 Å². The van der Waals surface area contributed by atoms with E-state index in [9.17, 15) is 9.18 Å². The van der Waals surface area contributed by atoms with Crippen LogP contribution in [0.3, 0.4) is 0 Å². The van der Waals surface area contributed by atoms with Crippen LogP contribution in [0.4, 0.5) is 4.39 Å². The average molecular weight is 321 g/mol. The van der Waals surface area contributed by atoms with Gasteiger partial charge in [0.25, 0.3) is 5.56 Å². The Balaban J connectivity index is 1.84. The molecule has 0 unspecified atom stereocenters. The third kappa shape index (κ3) is 2.82. The van der Waals surface area contributed by atoms with E-state index in [2.05, 4.69) is 9.97 Å². The molecule has 1 aliphatic rings. The van der Waals surface area contributed by atoms with Crippen LogP contribution >= 0.6 is 12.2 Å². The van der Waals surface area contributed by atoms with Gasteiger partial charge in [-0.15, -0.1) is 0 Å². The average Bonchev–Trinajstić information content (AvgIpc) is 2.50. The van der Waals surface area contributed by atoms with Crippen molar-refractivity contribution in [1.29, 1.82) is 0 Å². The van der Waals surface area contributed by atoms with Gasteiger partial charge in [-0.1, -0.05) is 12.1 Å². The lowest BCUT2D eigenvalue weighted by atomic mass is 10.1. The molecule has 0 atom stereocenters.